The van der Waals surface area contributed by atoms with Gasteiger partial charge in [-0.15, -0.1) is 0 Å². The molecule has 0 aromatic heterocycles. The lowest BCUT2D eigenvalue weighted by Crippen LogP contribution is -2.06. The van der Waals surface area contributed by atoms with Gasteiger partial charge < -0.3 is 5.32 Å². The van der Waals surface area contributed by atoms with Crippen LogP contribution in [0.4, 0.5) is 0 Å². The first-order valence-corrected chi connectivity index (χ1v) is 5.05. The summed E-state index contributed by atoms with van der Waals surface area (Å²) in [6, 6.07) is 6.90. The van der Waals surface area contributed by atoms with Gasteiger partial charge in [-0.3, -0.25) is 0 Å². The Labute approximate surface area is 80.2 Å². The van der Waals surface area contributed by atoms with Crippen molar-refractivity contribution in [1.29, 1.82) is 0 Å². The van der Waals surface area contributed by atoms with Gasteiger partial charge in [-0.2, -0.15) is 0 Å². The van der Waals surface area contributed by atoms with Crippen molar-refractivity contribution in [1.82, 2.24) is 5.32 Å². The Kier molecular flexibility index (Phi) is 2.36. The standard InChI is InChI=1S/C12H17N/c1-9-3-4-11(10-5-6-10)7-12(9)8-13-2/h3-4,7,10,13H,5-6,8H2,1-2H3. The van der Waals surface area contributed by atoms with Crippen molar-refractivity contribution in [3.8, 4) is 0 Å². The molecule has 0 amide bonds. The summed E-state index contributed by atoms with van der Waals surface area (Å²) in [4.78, 5) is 0. The topological polar surface area (TPSA) is 12.0 Å². The van der Waals surface area contributed by atoms with Gasteiger partial charge in [-0.25, -0.2) is 0 Å². The number of hydrogen-bond acceptors (Lipinski definition) is 1. The van der Waals surface area contributed by atoms with Crippen LogP contribution in [0, 0.1) is 6.92 Å². The van der Waals surface area contributed by atoms with Crippen LogP contribution in [0.25, 0.3) is 0 Å². The summed E-state index contributed by atoms with van der Waals surface area (Å²) >= 11 is 0. The Hall–Kier alpha value is -0.820. The van der Waals surface area contributed by atoms with Gasteiger partial charge in [0.1, 0.15) is 0 Å². The second kappa shape index (κ2) is 3.51. The van der Waals surface area contributed by atoms with Crippen LogP contribution in [-0.4, -0.2) is 7.05 Å². The monoisotopic (exact) mass is 175 g/mol. The molecule has 1 saturated carbocycles. The number of benzene rings is 1. The van der Waals surface area contributed by atoms with Crippen molar-refractivity contribution >= 4 is 0 Å². The molecule has 1 aromatic carbocycles. The second-order valence-corrected chi connectivity index (χ2v) is 3.99. The van der Waals surface area contributed by atoms with E-state index in [4.69, 9.17) is 0 Å². The van der Waals surface area contributed by atoms with E-state index in [9.17, 15) is 0 Å². The number of aryl methyl sites for hydroxylation is 1. The van der Waals surface area contributed by atoms with E-state index >= 15 is 0 Å². The zero-order valence-corrected chi connectivity index (χ0v) is 8.43. The fourth-order valence-electron chi connectivity index (χ4n) is 1.74. The highest BCUT2D eigenvalue weighted by molar-refractivity contribution is 5.34. The van der Waals surface area contributed by atoms with E-state index in [0.717, 1.165) is 12.5 Å². The highest BCUT2D eigenvalue weighted by atomic mass is 14.8. The van der Waals surface area contributed by atoms with Crippen LogP contribution in [-0.2, 0) is 6.54 Å². The molecule has 0 aliphatic heterocycles. The summed E-state index contributed by atoms with van der Waals surface area (Å²) in [6.07, 6.45) is 2.78. The maximum atomic E-state index is 3.21. The van der Waals surface area contributed by atoms with E-state index in [1.54, 1.807) is 0 Å². The zero-order chi connectivity index (χ0) is 9.26. The molecule has 70 valence electrons. The maximum Gasteiger partial charge on any atom is 0.0205 e. The molecule has 0 heterocycles. The van der Waals surface area contributed by atoms with E-state index in [0.29, 0.717) is 0 Å². The molecule has 13 heavy (non-hydrogen) atoms. The molecule has 0 unspecified atom stereocenters. The third-order valence-corrected chi connectivity index (χ3v) is 2.79. The molecule has 0 bridgehead atoms. The number of rotatable bonds is 3. The molecular formula is C12H17N. The summed E-state index contributed by atoms with van der Waals surface area (Å²) in [7, 11) is 2.00. The van der Waals surface area contributed by atoms with Gasteiger partial charge in [0.2, 0.25) is 0 Å². The van der Waals surface area contributed by atoms with Gasteiger partial charge in [-0.1, -0.05) is 18.2 Å². The SMILES string of the molecule is CNCc1cc(C2CC2)ccc1C. The number of hydrogen-bond donors (Lipinski definition) is 1. The smallest absolute Gasteiger partial charge is 0.0205 e. The van der Waals surface area contributed by atoms with Crippen molar-refractivity contribution in [2.75, 3.05) is 7.05 Å². The Morgan fingerprint density at radius 1 is 1.38 bits per heavy atom. The first-order chi connectivity index (χ1) is 6.31. The van der Waals surface area contributed by atoms with E-state index in [-0.39, 0.29) is 0 Å². The Bertz CT molecular complexity index is 300. The van der Waals surface area contributed by atoms with Gasteiger partial charge >= 0.3 is 0 Å². The molecule has 0 spiro atoms. The highest BCUT2D eigenvalue weighted by Crippen LogP contribution is 2.40. The summed E-state index contributed by atoms with van der Waals surface area (Å²) in [5.74, 6) is 0.871. The van der Waals surface area contributed by atoms with Gasteiger partial charge in [0, 0.05) is 6.54 Å². The molecule has 1 aliphatic rings. The minimum Gasteiger partial charge on any atom is -0.316 e. The van der Waals surface area contributed by atoms with Crippen molar-refractivity contribution < 1.29 is 0 Å². The lowest BCUT2D eigenvalue weighted by atomic mass is 10.0. The summed E-state index contributed by atoms with van der Waals surface area (Å²) in [6.45, 7) is 3.18. The third kappa shape index (κ3) is 1.92. The minimum atomic E-state index is 0.871. The largest absolute Gasteiger partial charge is 0.316 e. The predicted molar refractivity (Wildman–Crippen MR) is 55.9 cm³/mol. The van der Waals surface area contributed by atoms with E-state index < -0.39 is 0 Å². The van der Waals surface area contributed by atoms with Crippen LogP contribution >= 0.6 is 0 Å². The average Bonchev–Trinajstić information content (AvgIpc) is 2.92. The molecule has 1 aromatic rings. The second-order valence-electron chi connectivity index (χ2n) is 3.99. The summed E-state index contributed by atoms with van der Waals surface area (Å²) in [5.41, 5.74) is 4.39. The van der Waals surface area contributed by atoms with E-state index in [1.165, 1.54) is 29.5 Å². The molecule has 2 rings (SSSR count). The van der Waals surface area contributed by atoms with Crippen LogP contribution in [0.5, 0.6) is 0 Å². The maximum absolute atomic E-state index is 3.21. The highest BCUT2D eigenvalue weighted by Gasteiger charge is 2.23. The quantitative estimate of drug-likeness (QED) is 0.744. The van der Waals surface area contributed by atoms with Gasteiger partial charge in [0.25, 0.3) is 0 Å². The normalized spacial score (nSPS) is 16.2. The van der Waals surface area contributed by atoms with Gasteiger partial charge in [0.05, 0.1) is 0 Å². The van der Waals surface area contributed by atoms with Crippen molar-refractivity contribution in [3.05, 3.63) is 34.9 Å². The molecular weight excluding hydrogens is 158 g/mol. The lowest BCUT2D eigenvalue weighted by Gasteiger charge is -2.07. The van der Waals surface area contributed by atoms with Crippen molar-refractivity contribution in [3.63, 3.8) is 0 Å². The average molecular weight is 175 g/mol. The van der Waals surface area contributed by atoms with Crippen molar-refractivity contribution in [2.24, 2.45) is 0 Å². The summed E-state index contributed by atoms with van der Waals surface area (Å²) < 4.78 is 0. The van der Waals surface area contributed by atoms with Crippen molar-refractivity contribution in [2.45, 2.75) is 32.2 Å². The molecule has 1 nitrogen and oxygen atoms in total. The predicted octanol–water partition coefficient (Wildman–Crippen LogP) is 2.59. The van der Waals surface area contributed by atoms with Crippen LogP contribution < -0.4 is 5.32 Å². The van der Waals surface area contributed by atoms with Gasteiger partial charge in [-0.05, 0) is 49.4 Å². The molecule has 1 aliphatic carbocycles. The lowest BCUT2D eigenvalue weighted by molar-refractivity contribution is 0.809. The molecule has 1 heteroatoms. The summed E-state index contributed by atoms with van der Waals surface area (Å²) in [5, 5.41) is 3.21. The Morgan fingerprint density at radius 2 is 2.15 bits per heavy atom. The van der Waals surface area contributed by atoms with Crippen LogP contribution in [0.1, 0.15) is 35.4 Å². The van der Waals surface area contributed by atoms with Crippen LogP contribution in [0.15, 0.2) is 18.2 Å². The van der Waals surface area contributed by atoms with Crippen LogP contribution in [0.2, 0.25) is 0 Å². The molecule has 0 radical (unpaired) electrons. The fraction of sp³-hybridized carbons (Fsp3) is 0.500. The Balaban J connectivity index is 2.25. The molecule has 1 fully saturated rings. The minimum absolute atomic E-state index is 0.871. The van der Waals surface area contributed by atoms with Gasteiger partial charge in [0.15, 0.2) is 0 Å². The molecule has 0 saturated heterocycles. The Morgan fingerprint density at radius 3 is 2.77 bits per heavy atom. The van der Waals surface area contributed by atoms with E-state index in [1.807, 2.05) is 7.05 Å². The number of nitrogens with one attached hydrogen (secondary N) is 1. The first-order valence-electron chi connectivity index (χ1n) is 5.05. The van der Waals surface area contributed by atoms with E-state index in [2.05, 4.69) is 30.4 Å². The third-order valence-electron chi connectivity index (χ3n) is 2.79. The fourth-order valence-corrected chi connectivity index (χ4v) is 1.74. The first kappa shape index (κ1) is 8.76. The zero-order valence-electron chi connectivity index (χ0n) is 8.43. The molecule has 0 atom stereocenters. The molecule has 1 N–H and O–H groups in total. The van der Waals surface area contributed by atoms with Crippen LogP contribution in [0.3, 0.4) is 0 Å².